The van der Waals surface area contributed by atoms with Crippen LogP contribution in [0.5, 0.6) is 0 Å². The van der Waals surface area contributed by atoms with Gasteiger partial charge in [-0.25, -0.2) is 4.99 Å². The zero-order valence-corrected chi connectivity index (χ0v) is 12.9. The number of hydrogen-bond donors (Lipinski definition) is 2. The van der Waals surface area contributed by atoms with E-state index >= 15 is 0 Å². The van der Waals surface area contributed by atoms with Crippen molar-refractivity contribution in [2.24, 2.45) is 21.5 Å². The summed E-state index contributed by atoms with van der Waals surface area (Å²) in [4.78, 5) is 10.8. The first kappa shape index (κ1) is 14.2. The second-order valence-corrected chi connectivity index (χ2v) is 6.10. The molecular weight excluding hydrogens is 286 g/mol. The van der Waals surface area contributed by atoms with Gasteiger partial charge in [0.25, 0.3) is 0 Å². The Kier molecular flexibility index (Phi) is 3.53. The minimum atomic E-state index is -0.439. The highest BCUT2D eigenvalue weighted by Gasteiger charge is 2.43. The fraction of sp³-hybridized carbons (Fsp3) is 0.467. The second-order valence-electron chi connectivity index (χ2n) is 5.73. The molecular formula is C15H20ClN5. The normalized spacial score (nSPS) is 21.1. The lowest BCUT2D eigenvalue weighted by Gasteiger charge is -2.46. The van der Waals surface area contributed by atoms with Crippen molar-refractivity contribution in [3.8, 4) is 0 Å². The number of hydrogen-bond acceptors (Lipinski definition) is 5. The van der Waals surface area contributed by atoms with Crippen molar-refractivity contribution in [3.05, 3.63) is 28.8 Å². The molecule has 1 aromatic rings. The van der Waals surface area contributed by atoms with Gasteiger partial charge in [0.2, 0.25) is 11.9 Å². The summed E-state index contributed by atoms with van der Waals surface area (Å²) in [6, 6.07) is 5.92. The average Bonchev–Trinajstić information content (AvgIpc) is 2.43. The standard InChI is InChI=1S/C15H20ClN5/c1-10-6-5-7-11(12(10)16)21-14(18)19-13(17)20-15(21)8-3-2-4-9-15/h5-7H,2-4,8-9H2,1H3,(H4,17,18,19,20). The molecule has 3 rings (SSSR count). The van der Waals surface area contributed by atoms with E-state index in [9.17, 15) is 0 Å². The van der Waals surface area contributed by atoms with Crippen molar-refractivity contribution < 1.29 is 0 Å². The number of rotatable bonds is 1. The van der Waals surface area contributed by atoms with Crippen LogP contribution in [0.3, 0.4) is 0 Å². The number of nitrogens with two attached hydrogens (primary N) is 2. The van der Waals surface area contributed by atoms with Gasteiger partial charge in [0, 0.05) is 0 Å². The summed E-state index contributed by atoms with van der Waals surface area (Å²) in [6.07, 6.45) is 5.24. The van der Waals surface area contributed by atoms with Gasteiger partial charge in [-0.15, -0.1) is 0 Å². The molecule has 0 saturated heterocycles. The van der Waals surface area contributed by atoms with Gasteiger partial charge in [-0.05, 0) is 44.2 Å². The van der Waals surface area contributed by atoms with E-state index in [0.29, 0.717) is 11.0 Å². The molecule has 1 aliphatic heterocycles. The molecule has 0 unspecified atom stereocenters. The topological polar surface area (TPSA) is 80.0 Å². The van der Waals surface area contributed by atoms with Gasteiger partial charge >= 0.3 is 0 Å². The first-order valence-corrected chi connectivity index (χ1v) is 7.66. The highest BCUT2D eigenvalue weighted by molar-refractivity contribution is 6.34. The Morgan fingerprint density at radius 2 is 1.90 bits per heavy atom. The Hall–Kier alpha value is -1.75. The fourth-order valence-corrected chi connectivity index (χ4v) is 3.48. The maximum Gasteiger partial charge on any atom is 0.220 e. The van der Waals surface area contributed by atoms with Crippen LogP contribution in [-0.4, -0.2) is 17.6 Å². The maximum absolute atomic E-state index is 6.50. The summed E-state index contributed by atoms with van der Waals surface area (Å²) in [5.41, 5.74) is 13.5. The summed E-state index contributed by atoms with van der Waals surface area (Å²) in [5, 5.41) is 0.691. The van der Waals surface area contributed by atoms with Crippen molar-refractivity contribution in [1.82, 2.24) is 0 Å². The molecule has 1 spiro atoms. The highest BCUT2D eigenvalue weighted by Crippen LogP contribution is 2.42. The van der Waals surface area contributed by atoms with E-state index in [1.54, 1.807) is 0 Å². The lowest BCUT2D eigenvalue weighted by molar-refractivity contribution is 0.305. The molecule has 0 aromatic heterocycles. The van der Waals surface area contributed by atoms with Crippen LogP contribution in [0.1, 0.15) is 37.7 Å². The molecule has 112 valence electrons. The number of halogens is 1. The number of anilines is 1. The molecule has 2 aliphatic rings. The third-order valence-corrected chi connectivity index (χ3v) is 4.76. The third-order valence-electron chi connectivity index (χ3n) is 4.26. The summed E-state index contributed by atoms with van der Waals surface area (Å²) < 4.78 is 0. The first-order chi connectivity index (χ1) is 10.0. The van der Waals surface area contributed by atoms with Crippen molar-refractivity contribution in [2.75, 3.05) is 4.90 Å². The van der Waals surface area contributed by atoms with Crippen LogP contribution in [-0.2, 0) is 0 Å². The number of nitrogens with zero attached hydrogens (tertiary/aromatic N) is 3. The molecule has 1 heterocycles. The molecule has 5 nitrogen and oxygen atoms in total. The Labute approximate surface area is 129 Å². The second kappa shape index (κ2) is 5.22. The quantitative estimate of drug-likeness (QED) is 0.837. The van der Waals surface area contributed by atoms with E-state index in [0.717, 1.165) is 36.9 Å². The van der Waals surface area contributed by atoms with Crippen molar-refractivity contribution in [3.63, 3.8) is 0 Å². The number of aliphatic imine (C=N–C) groups is 2. The minimum absolute atomic E-state index is 0.259. The Morgan fingerprint density at radius 1 is 1.19 bits per heavy atom. The minimum Gasteiger partial charge on any atom is -0.369 e. The highest BCUT2D eigenvalue weighted by atomic mass is 35.5. The van der Waals surface area contributed by atoms with Gasteiger partial charge in [0.15, 0.2) is 0 Å². The van der Waals surface area contributed by atoms with Crippen LogP contribution in [0.4, 0.5) is 5.69 Å². The van der Waals surface area contributed by atoms with Crippen LogP contribution in [0.15, 0.2) is 28.2 Å². The average molecular weight is 306 g/mol. The molecule has 1 aliphatic carbocycles. The third kappa shape index (κ3) is 2.35. The first-order valence-electron chi connectivity index (χ1n) is 7.28. The molecule has 4 N–H and O–H groups in total. The Bertz CT molecular complexity index is 616. The zero-order valence-electron chi connectivity index (χ0n) is 12.1. The summed E-state index contributed by atoms with van der Waals surface area (Å²) in [6.45, 7) is 1.98. The van der Waals surface area contributed by atoms with Crippen LogP contribution >= 0.6 is 11.6 Å². The lowest BCUT2D eigenvalue weighted by Crippen LogP contribution is -2.58. The van der Waals surface area contributed by atoms with Gasteiger partial charge < -0.3 is 11.5 Å². The van der Waals surface area contributed by atoms with Crippen LogP contribution in [0, 0.1) is 6.92 Å². The Balaban J connectivity index is 2.13. The van der Waals surface area contributed by atoms with Gasteiger partial charge in [0.05, 0.1) is 10.7 Å². The molecule has 0 radical (unpaired) electrons. The van der Waals surface area contributed by atoms with Crippen LogP contribution < -0.4 is 16.4 Å². The summed E-state index contributed by atoms with van der Waals surface area (Å²) >= 11 is 6.50. The Morgan fingerprint density at radius 3 is 2.62 bits per heavy atom. The van der Waals surface area contributed by atoms with Gasteiger partial charge in [-0.1, -0.05) is 30.2 Å². The summed E-state index contributed by atoms with van der Waals surface area (Å²) in [7, 11) is 0. The van der Waals surface area contributed by atoms with E-state index < -0.39 is 5.66 Å². The lowest BCUT2D eigenvalue weighted by atomic mass is 9.87. The molecule has 0 atom stereocenters. The van der Waals surface area contributed by atoms with Crippen molar-refractivity contribution in [1.29, 1.82) is 0 Å². The van der Waals surface area contributed by atoms with Crippen molar-refractivity contribution in [2.45, 2.75) is 44.7 Å². The number of benzene rings is 1. The summed E-state index contributed by atoms with van der Waals surface area (Å²) in [5.74, 6) is 0.631. The van der Waals surface area contributed by atoms with Gasteiger partial charge in [-0.3, -0.25) is 4.90 Å². The number of aryl methyl sites for hydroxylation is 1. The van der Waals surface area contributed by atoms with E-state index in [1.165, 1.54) is 6.42 Å². The van der Waals surface area contributed by atoms with E-state index in [1.807, 2.05) is 30.0 Å². The van der Waals surface area contributed by atoms with Crippen LogP contribution in [0.25, 0.3) is 0 Å². The zero-order chi connectivity index (χ0) is 15.0. The van der Waals surface area contributed by atoms with E-state index in [4.69, 9.17) is 23.1 Å². The number of guanidine groups is 2. The molecule has 1 saturated carbocycles. The molecule has 6 heteroatoms. The molecule has 1 aromatic carbocycles. The SMILES string of the molecule is Cc1cccc(N2C(N)=NC(N)=NC23CCCCC3)c1Cl. The van der Waals surface area contributed by atoms with Gasteiger partial charge in [0.1, 0.15) is 5.66 Å². The predicted molar refractivity (Wildman–Crippen MR) is 87.7 cm³/mol. The monoisotopic (exact) mass is 305 g/mol. The fourth-order valence-electron chi connectivity index (χ4n) is 3.27. The van der Waals surface area contributed by atoms with E-state index in [-0.39, 0.29) is 5.96 Å². The predicted octanol–water partition coefficient (Wildman–Crippen LogP) is 2.76. The molecule has 0 bridgehead atoms. The smallest absolute Gasteiger partial charge is 0.220 e. The van der Waals surface area contributed by atoms with Gasteiger partial charge in [-0.2, -0.15) is 4.99 Å². The largest absolute Gasteiger partial charge is 0.369 e. The molecule has 1 fully saturated rings. The maximum atomic E-state index is 6.50. The molecule has 21 heavy (non-hydrogen) atoms. The van der Waals surface area contributed by atoms with Crippen LogP contribution in [0.2, 0.25) is 5.02 Å². The van der Waals surface area contributed by atoms with E-state index in [2.05, 4.69) is 9.98 Å². The van der Waals surface area contributed by atoms with Crippen molar-refractivity contribution >= 4 is 29.2 Å². The molecule has 0 amide bonds.